The highest BCUT2D eigenvalue weighted by Gasteiger charge is 2.15. The van der Waals surface area contributed by atoms with E-state index in [1.54, 1.807) is 24.8 Å². The van der Waals surface area contributed by atoms with Crippen molar-refractivity contribution in [2.75, 3.05) is 0 Å². The van der Waals surface area contributed by atoms with Crippen molar-refractivity contribution < 1.29 is 17.7 Å². The number of hydrogen-bond acceptors (Lipinski definition) is 12. The number of rotatable bonds is 8. The maximum absolute atomic E-state index is 5.97. The summed E-state index contributed by atoms with van der Waals surface area (Å²) < 4.78 is 23.8. The molecule has 8 heterocycles. The number of benzene rings is 6. The maximum Gasteiger partial charge on any atom is 0.228 e. The fourth-order valence-electron chi connectivity index (χ4n) is 8.59. The Kier molecular flexibility index (Phi) is 10.5. The van der Waals surface area contributed by atoms with Gasteiger partial charge in [-0.25, -0.2) is 19.9 Å². The third-order valence-electron chi connectivity index (χ3n) is 12.2. The smallest absolute Gasteiger partial charge is 0.228 e. The Morgan fingerprint density at radius 1 is 0.208 bits per heavy atom. The molecule has 0 atom stereocenters. The Labute approximate surface area is 410 Å². The quantitative estimate of drug-likeness (QED) is 0.142. The van der Waals surface area contributed by atoms with Crippen molar-refractivity contribution in [2.24, 2.45) is 0 Å². The van der Waals surface area contributed by atoms with Crippen molar-refractivity contribution in [2.45, 2.75) is 0 Å². The van der Waals surface area contributed by atoms with E-state index in [-0.39, 0.29) is 0 Å². The van der Waals surface area contributed by atoms with Crippen molar-refractivity contribution in [1.82, 2.24) is 39.9 Å². The zero-order valence-corrected chi connectivity index (χ0v) is 38.0. The molecule has 0 N–H and O–H groups in total. The van der Waals surface area contributed by atoms with Crippen molar-refractivity contribution in [3.05, 3.63) is 219 Å². The topological polar surface area (TPSA) is 156 Å². The highest BCUT2D eigenvalue weighted by Crippen LogP contribution is 2.34. The van der Waals surface area contributed by atoms with Crippen LogP contribution in [0.1, 0.15) is 0 Å². The van der Waals surface area contributed by atoms with Crippen LogP contribution in [0.5, 0.6) is 0 Å². The minimum Gasteiger partial charge on any atom is -0.436 e. The molecule has 12 nitrogen and oxygen atoms in total. The summed E-state index contributed by atoms with van der Waals surface area (Å²) in [6, 6.07) is 55.5. The van der Waals surface area contributed by atoms with Crippen LogP contribution in [0.15, 0.2) is 237 Å². The molecule has 72 heavy (non-hydrogen) atoms. The lowest BCUT2D eigenvalue weighted by Gasteiger charge is -2.07. The van der Waals surface area contributed by atoms with E-state index in [4.69, 9.17) is 17.7 Å². The van der Waals surface area contributed by atoms with Gasteiger partial charge in [0.05, 0.1) is 11.1 Å². The average molecular weight is 933 g/mol. The van der Waals surface area contributed by atoms with Crippen LogP contribution >= 0.6 is 0 Å². The molecule has 0 unspecified atom stereocenters. The number of hydrogen-bond donors (Lipinski definition) is 0. The lowest BCUT2D eigenvalue weighted by atomic mass is 9.99. The molecule has 0 spiro atoms. The van der Waals surface area contributed by atoms with E-state index in [1.165, 1.54) is 0 Å². The Morgan fingerprint density at radius 3 is 0.764 bits per heavy atom. The molecule has 0 saturated carbocycles. The molecule has 14 aromatic rings. The van der Waals surface area contributed by atoms with Gasteiger partial charge in [-0.05, 0) is 108 Å². The summed E-state index contributed by atoms with van der Waals surface area (Å²) in [4.78, 5) is 36.3. The molecule has 0 aliphatic carbocycles. The third kappa shape index (κ3) is 8.30. The van der Waals surface area contributed by atoms with Gasteiger partial charge in [0.15, 0.2) is 22.3 Å². The van der Waals surface area contributed by atoms with Crippen LogP contribution in [0.3, 0.4) is 0 Å². The van der Waals surface area contributed by atoms with E-state index in [2.05, 4.69) is 76.3 Å². The highest BCUT2D eigenvalue weighted by molar-refractivity contribution is 5.83. The van der Waals surface area contributed by atoms with Gasteiger partial charge in [0.2, 0.25) is 23.6 Å². The maximum atomic E-state index is 5.97. The Hall–Kier alpha value is -10.2. The minimum atomic E-state index is 0.532. The van der Waals surface area contributed by atoms with Gasteiger partial charge in [0.25, 0.3) is 0 Å². The molecule has 14 rings (SSSR count). The molecule has 0 bridgehead atoms. The van der Waals surface area contributed by atoms with E-state index < -0.39 is 0 Å². The summed E-state index contributed by atoms with van der Waals surface area (Å²) in [7, 11) is 0. The Bertz CT molecular complexity index is 3610. The van der Waals surface area contributed by atoms with Crippen LogP contribution < -0.4 is 0 Å². The number of para-hydroxylation sites is 8. The van der Waals surface area contributed by atoms with Crippen molar-refractivity contribution in [3.8, 4) is 90.3 Å². The third-order valence-corrected chi connectivity index (χ3v) is 12.2. The molecule has 0 aliphatic rings. The van der Waals surface area contributed by atoms with Crippen LogP contribution in [0.2, 0.25) is 0 Å². The monoisotopic (exact) mass is 932 g/mol. The molecule has 0 fully saturated rings. The van der Waals surface area contributed by atoms with Crippen LogP contribution in [-0.2, 0) is 0 Å². The fourth-order valence-corrected chi connectivity index (χ4v) is 8.59. The number of fused-ring (bicyclic) bond motifs is 4. The normalized spacial score (nSPS) is 11.3. The van der Waals surface area contributed by atoms with Gasteiger partial charge in [-0.3, -0.25) is 19.9 Å². The standard InChI is InChI=1S/C31H19N3O2.C29H17N5O2/c1-3-13-28-26(11-1)33-30(35-28)22-9-5-7-20(15-22)24-17-25(19-32-18-24)21-8-6-10-23(16-21)31-34-27-12-2-4-14-29(27)36-31;1-3-7-26-24(5-1)33-28(35-26)22-10-20(14-31-16-22)18-9-19(13-30-12-18)21-11-23(17-32-15-21)29-34-25-6-2-4-8-27(25)36-29/h1-19H;1-17H. The molecule has 340 valence electrons. The van der Waals surface area contributed by atoms with Crippen molar-refractivity contribution >= 4 is 44.4 Å². The largest absolute Gasteiger partial charge is 0.436 e. The lowest BCUT2D eigenvalue weighted by Crippen LogP contribution is -1.88. The molecule has 6 aromatic carbocycles. The van der Waals surface area contributed by atoms with Gasteiger partial charge in [0.1, 0.15) is 22.1 Å². The van der Waals surface area contributed by atoms with Crippen LogP contribution in [0.25, 0.3) is 135 Å². The number of oxazole rings is 4. The number of nitrogens with zero attached hydrogens (tertiary/aromatic N) is 8. The van der Waals surface area contributed by atoms with Gasteiger partial charge in [-0.2, -0.15) is 0 Å². The fraction of sp³-hybridized carbons (Fsp3) is 0. The van der Waals surface area contributed by atoms with Crippen molar-refractivity contribution in [3.63, 3.8) is 0 Å². The van der Waals surface area contributed by atoms with E-state index in [0.717, 1.165) is 111 Å². The second-order valence-electron chi connectivity index (χ2n) is 17.0. The molecular formula is C60H36N8O4. The number of pyridine rings is 4. The first-order chi connectivity index (χ1) is 35.6. The predicted octanol–water partition coefficient (Wildman–Crippen LogP) is 14.9. The molecule has 0 radical (unpaired) electrons. The van der Waals surface area contributed by atoms with Gasteiger partial charge in [-0.15, -0.1) is 0 Å². The van der Waals surface area contributed by atoms with E-state index >= 15 is 0 Å². The molecular weight excluding hydrogens is 897 g/mol. The van der Waals surface area contributed by atoms with Crippen molar-refractivity contribution in [1.29, 1.82) is 0 Å². The summed E-state index contributed by atoms with van der Waals surface area (Å²) in [5.41, 5.74) is 17.6. The molecule has 12 heteroatoms. The predicted molar refractivity (Wildman–Crippen MR) is 278 cm³/mol. The highest BCUT2D eigenvalue weighted by atomic mass is 16.4. The second kappa shape index (κ2) is 18.0. The Balaban J connectivity index is 0.000000140. The first-order valence-electron chi connectivity index (χ1n) is 23.1. The van der Waals surface area contributed by atoms with Gasteiger partial charge < -0.3 is 17.7 Å². The molecule has 0 aliphatic heterocycles. The SMILES string of the molecule is c1cc(-c2cncc(-c3cccc(-c4nc5ccccc5o4)c3)c2)cc(-c2nc3ccccc3o2)c1.c1ccc2oc(-c3cncc(-c4cncc(-c5cncc(-c6nc7ccccc7o6)c5)c4)c3)nc2c1. The van der Waals surface area contributed by atoms with Crippen LogP contribution in [-0.4, -0.2) is 39.9 Å². The summed E-state index contributed by atoms with van der Waals surface area (Å²) in [6.45, 7) is 0. The lowest BCUT2D eigenvalue weighted by molar-refractivity contribution is 0.619. The van der Waals surface area contributed by atoms with Gasteiger partial charge in [-0.1, -0.05) is 72.8 Å². The van der Waals surface area contributed by atoms with Crippen LogP contribution in [0.4, 0.5) is 0 Å². The summed E-state index contributed by atoms with van der Waals surface area (Å²) in [5, 5.41) is 0. The zero-order chi connectivity index (χ0) is 47.8. The first kappa shape index (κ1) is 41.9. The summed E-state index contributed by atoms with van der Waals surface area (Å²) in [6.07, 6.45) is 14.5. The zero-order valence-electron chi connectivity index (χ0n) is 38.0. The van der Waals surface area contributed by atoms with Crippen LogP contribution in [0, 0.1) is 0 Å². The van der Waals surface area contributed by atoms with E-state index in [0.29, 0.717) is 23.6 Å². The first-order valence-corrected chi connectivity index (χ1v) is 23.1. The summed E-state index contributed by atoms with van der Waals surface area (Å²) >= 11 is 0. The molecule has 8 aromatic heterocycles. The number of aromatic nitrogens is 8. The average Bonchev–Trinajstić information content (AvgIpc) is 4.29. The minimum absolute atomic E-state index is 0.532. The van der Waals surface area contributed by atoms with Gasteiger partial charge >= 0.3 is 0 Å². The van der Waals surface area contributed by atoms with Gasteiger partial charge in [0, 0.05) is 94.1 Å². The molecule has 0 amide bonds. The van der Waals surface area contributed by atoms with E-state index in [9.17, 15) is 0 Å². The molecule has 0 saturated heterocycles. The Morgan fingerprint density at radius 2 is 0.444 bits per heavy atom. The van der Waals surface area contributed by atoms with E-state index in [1.807, 2.05) is 158 Å². The summed E-state index contributed by atoms with van der Waals surface area (Å²) in [5.74, 6) is 2.27. The second-order valence-corrected chi connectivity index (χ2v) is 17.0.